The first-order valence-corrected chi connectivity index (χ1v) is 6.84. The second kappa shape index (κ2) is 7.89. The summed E-state index contributed by atoms with van der Waals surface area (Å²) in [5.41, 5.74) is 2.74. The topological polar surface area (TPSA) is 35.8 Å². The van der Waals surface area contributed by atoms with Gasteiger partial charge in [-0.2, -0.15) is 5.26 Å². The van der Waals surface area contributed by atoms with Crippen molar-refractivity contribution in [1.82, 2.24) is 5.32 Å². The third kappa shape index (κ3) is 4.50. The molecule has 0 saturated heterocycles. The zero-order valence-electron chi connectivity index (χ0n) is 11.7. The zero-order valence-corrected chi connectivity index (χ0v) is 11.7. The Balaban J connectivity index is 2.66. The molecule has 2 nitrogen and oxygen atoms in total. The first kappa shape index (κ1) is 14.7. The van der Waals surface area contributed by atoms with E-state index in [9.17, 15) is 0 Å². The Labute approximate surface area is 111 Å². The second-order valence-electron chi connectivity index (χ2n) is 5.01. The fourth-order valence-electron chi connectivity index (χ4n) is 2.30. The van der Waals surface area contributed by atoms with E-state index in [0.717, 1.165) is 19.4 Å². The van der Waals surface area contributed by atoms with Crippen molar-refractivity contribution in [2.75, 3.05) is 6.54 Å². The molecular formula is C16H24N2. The van der Waals surface area contributed by atoms with E-state index in [1.54, 1.807) is 0 Å². The maximum Gasteiger partial charge on any atom is 0.0624 e. The Kier molecular flexibility index (Phi) is 6.46. The average molecular weight is 244 g/mol. The van der Waals surface area contributed by atoms with Crippen LogP contribution < -0.4 is 5.32 Å². The van der Waals surface area contributed by atoms with Crippen molar-refractivity contribution in [3.8, 4) is 6.07 Å². The normalized spacial score (nSPS) is 13.9. The lowest BCUT2D eigenvalue weighted by Gasteiger charge is -2.21. The minimum absolute atomic E-state index is 0.414. The van der Waals surface area contributed by atoms with Crippen LogP contribution in [0.5, 0.6) is 0 Å². The molecule has 0 radical (unpaired) electrons. The van der Waals surface area contributed by atoms with Crippen molar-refractivity contribution in [3.05, 3.63) is 35.4 Å². The Bertz CT molecular complexity index is 392. The number of nitrogens with zero attached hydrogens (tertiary/aromatic N) is 1. The molecule has 0 amide bonds. The van der Waals surface area contributed by atoms with Gasteiger partial charge < -0.3 is 5.32 Å². The van der Waals surface area contributed by atoms with Crippen LogP contribution in [0, 0.1) is 24.2 Å². The van der Waals surface area contributed by atoms with Crippen molar-refractivity contribution in [2.24, 2.45) is 5.92 Å². The summed E-state index contributed by atoms with van der Waals surface area (Å²) in [5, 5.41) is 12.3. The van der Waals surface area contributed by atoms with Crippen LogP contribution in [-0.4, -0.2) is 6.54 Å². The van der Waals surface area contributed by atoms with Gasteiger partial charge in [0.15, 0.2) is 0 Å². The Morgan fingerprint density at radius 1 is 1.28 bits per heavy atom. The monoisotopic (exact) mass is 244 g/mol. The van der Waals surface area contributed by atoms with E-state index in [0.29, 0.717) is 18.4 Å². The van der Waals surface area contributed by atoms with Gasteiger partial charge in [-0.1, -0.05) is 38.1 Å². The molecule has 98 valence electrons. The largest absolute Gasteiger partial charge is 0.310 e. The number of rotatable bonds is 7. The van der Waals surface area contributed by atoms with Crippen molar-refractivity contribution >= 4 is 0 Å². The third-order valence-electron chi connectivity index (χ3n) is 3.40. The predicted molar refractivity (Wildman–Crippen MR) is 76.2 cm³/mol. The minimum atomic E-state index is 0.414. The molecule has 0 aromatic heterocycles. The number of nitriles is 1. The first-order valence-electron chi connectivity index (χ1n) is 6.84. The lowest BCUT2D eigenvalue weighted by molar-refractivity contribution is 0.433. The summed E-state index contributed by atoms with van der Waals surface area (Å²) in [5.74, 6) is 0.486. The number of aryl methyl sites for hydroxylation is 1. The van der Waals surface area contributed by atoms with Gasteiger partial charge in [-0.25, -0.2) is 0 Å². The number of benzene rings is 1. The maximum atomic E-state index is 8.70. The molecule has 0 aliphatic rings. The van der Waals surface area contributed by atoms with Crippen LogP contribution in [0.3, 0.4) is 0 Å². The molecule has 1 N–H and O–H groups in total. The summed E-state index contributed by atoms with van der Waals surface area (Å²) in [6.45, 7) is 7.44. The molecule has 0 fully saturated rings. The standard InChI is InChI=1S/C16H24N2/c1-4-18-16(10-9-13(2)11-12-17)15-8-6-5-7-14(15)3/h5-8,13,16,18H,4,9-11H2,1-3H3/t13?,16-/m0/s1. The summed E-state index contributed by atoms with van der Waals surface area (Å²) in [7, 11) is 0. The maximum absolute atomic E-state index is 8.70. The molecular weight excluding hydrogens is 220 g/mol. The highest BCUT2D eigenvalue weighted by molar-refractivity contribution is 5.28. The van der Waals surface area contributed by atoms with Gasteiger partial charge in [0.25, 0.3) is 0 Å². The Morgan fingerprint density at radius 3 is 2.61 bits per heavy atom. The van der Waals surface area contributed by atoms with Crippen molar-refractivity contribution < 1.29 is 0 Å². The summed E-state index contributed by atoms with van der Waals surface area (Å²) >= 11 is 0. The third-order valence-corrected chi connectivity index (χ3v) is 3.40. The number of hydrogen-bond donors (Lipinski definition) is 1. The molecule has 1 aromatic rings. The minimum Gasteiger partial charge on any atom is -0.310 e. The van der Waals surface area contributed by atoms with Crippen molar-refractivity contribution in [1.29, 1.82) is 5.26 Å². The van der Waals surface area contributed by atoms with E-state index in [4.69, 9.17) is 5.26 Å². The molecule has 1 rings (SSSR count). The Hall–Kier alpha value is -1.33. The van der Waals surface area contributed by atoms with E-state index >= 15 is 0 Å². The lowest BCUT2D eigenvalue weighted by atomic mass is 9.93. The summed E-state index contributed by atoms with van der Waals surface area (Å²) in [6.07, 6.45) is 2.85. The molecule has 18 heavy (non-hydrogen) atoms. The van der Waals surface area contributed by atoms with E-state index in [1.165, 1.54) is 11.1 Å². The van der Waals surface area contributed by atoms with Crippen LogP contribution in [-0.2, 0) is 0 Å². The smallest absolute Gasteiger partial charge is 0.0624 e. The van der Waals surface area contributed by atoms with Gasteiger partial charge in [0, 0.05) is 12.5 Å². The molecule has 0 bridgehead atoms. The molecule has 0 aliphatic heterocycles. The van der Waals surface area contributed by atoms with Gasteiger partial charge in [-0.05, 0) is 43.4 Å². The van der Waals surface area contributed by atoms with Gasteiger partial charge >= 0.3 is 0 Å². The molecule has 0 spiro atoms. The highest BCUT2D eigenvalue weighted by Crippen LogP contribution is 2.24. The molecule has 0 heterocycles. The molecule has 0 saturated carbocycles. The van der Waals surface area contributed by atoms with Crippen LogP contribution in [0.1, 0.15) is 50.3 Å². The second-order valence-corrected chi connectivity index (χ2v) is 5.01. The van der Waals surface area contributed by atoms with Crippen LogP contribution >= 0.6 is 0 Å². The first-order chi connectivity index (χ1) is 8.69. The predicted octanol–water partition coefficient (Wildman–Crippen LogP) is 3.98. The highest BCUT2D eigenvalue weighted by atomic mass is 14.9. The number of nitrogens with one attached hydrogen (secondary N) is 1. The van der Waals surface area contributed by atoms with Gasteiger partial charge in [-0.15, -0.1) is 0 Å². The van der Waals surface area contributed by atoms with E-state index < -0.39 is 0 Å². The summed E-state index contributed by atoms with van der Waals surface area (Å²) in [6, 6.07) is 11.2. The van der Waals surface area contributed by atoms with E-state index in [-0.39, 0.29) is 0 Å². The molecule has 1 aromatic carbocycles. The quantitative estimate of drug-likeness (QED) is 0.787. The van der Waals surface area contributed by atoms with Crippen molar-refractivity contribution in [3.63, 3.8) is 0 Å². The molecule has 0 aliphatic carbocycles. The van der Waals surface area contributed by atoms with Crippen LogP contribution in [0.4, 0.5) is 0 Å². The highest BCUT2D eigenvalue weighted by Gasteiger charge is 2.13. The van der Waals surface area contributed by atoms with Crippen LogP contribution in [0.2, 0.25) is 0 Å². The lowest BCUT2D eigenvalue weighted by Crippen LogP contribution is -2.22. The SMILES string of the molecule is CCN[C@@H](CCC(C)CC#N)c1ccccc1C. The van der Waals surface area contributed by atoms with Gasteiger partial charge in [0.1, 0.15) is 0 Å². The fourth-order valence-corrected chi connectivity index (χ4v) is 2.30. The summed E-state index contributed by atoms with van der Waals surface area (Å²) in [4.78, 5) is 0. The zero-order chi connectivity index (χ0) is 13.4. The molecule has 2 atom stereocenters. The molecule has 2 heteroatoms. The number of hydrogen-bond acceptors (Lipinski definition) is 2. The average Bonchev–Trinajstić information content (AvgIpc) is 2.36. The van der Waals surface area contributed by atoms with Crippen LogP contribution in [0.15, 0.2) is 24.3 Å². The van der Waals surface area contributed by atoms with Crippen molar-refractivity contribution in [2.45, 2.75) is 46.1 Å². The van der Waals surface area contributed by atoms with E-state index in [2.05, 4.69) is 56.4 Å². The summed E-state index contributed by atoms with van der Waals surface area (Å²) < 4.78 is 0. The fraction of sp³-hybridized carbons (Fsp3) is 0.562. The van der Waals surface area contributed by atoms with Crippen LogP contribution in [0.25, 0.3) is 0 Å². The van der Waals surface area contributed by atoms with E-state index in [1.807, 2.05) is 0 Å². The Morgan fingerprint density at radius 2 is 2.00 bits per heavy atom. The van der Waals surface area contributed by atoms with Gasteiger partial charge in [0.05, 0.1) is 6.07 Å². The van der Waals surface area contributed by atoms with Gasteiger partial charge in [-0.3, -0.25) is 0 Å². The molecule has 1 unspecified atom stereocenters. The van der Waals surface area contributed by atoms with Gasteiger partial charge in [0.2, 0.25) is 0 Å².